The van der Waals surface area contributed by atoms with Crippen molar-refractivity contribution >= 4 is 22.0 Å². The van der Waals surface area contributed by atoms with Crippen LogP contribution in [0.1, 0.15) is 11.1 Å². The van der Waals surface area contributed by atoms with Crippen molar-refractivity contribution in [2.75, 3.05) is 13.8 Å². The molecule has 2 aromatic carbocycles. The number of fused-ring (bicyclic) bond motifs is 1. The van der Waals surface area contributed by atoms with Gasteiger partial charge >= 0.3 is 6.03 Å². The van der Waals surface area contributed by atoms with Gasteiger partial charge in [-0.3, -0.25) is 0 Å². The van der Waals surface area contributed by atoms with E-state index in [1.54, 1.807) is 11.9 Å². The van der Waals surface area contributed by atoms with Crippen molar-refractivity contribution in [1.82, 2.24) is 10.2 Å². The molecule has 0 aliphatic carbocycles. The third-order valence-electron chi connectivity index (χ3n) is 3.54. The Bertz CT molecular complexity index is 721. The Morgan fingerprint density at radius 2 is 2.00 bits per heavy atom. The summed E-state index contributed by atoms with van der Waals surface area (Å²) < 4.78 is 11.6. The molecule has 0 bridgehead atoms. The molecule has 2 aromatic rings. The number of amides is 2. The number of rotatable bonds is 4. The highest BCUT2D eigenvalue weighted by atomic mass is 79.9. The molecule has 0 atom stereocenters. The maximum absolute atomic E-state index is 12.2. The summed E-state index contributed by atoms with van der Waals surface area (Å²) in [4.78, 5) is 13.8. The summed E-state index contributed by atoms with van der Waals surface area (Å²) in [6, 6.07) is 13.4. The van der Waals surface area contributed by atoms with E-state index in [0.717, 1.165) is 27.1 Å². The number of nitrogens with zero attached hydrogens (tertiary/aromatic N) is 1. The first-order valence-corrected chi connectivity index (χ1v) is 8.03. The number of urea groups is 1. The van der Waals surface area contributed by atoms with Crippen LogP contribution in [0.2, 0.25) is 0 Å². The highest BCUT2D eigenvalue weighted by molar-refractivity contribution is 9.10. The first-order valence-electron chi connectivity index (χ1n) is 7.24. The lowest BCUT2D eigenvalue weighted by Crippen LogP contribution is -2.36. The van der Waals surface area contributed by atoms with Crippen molar-refractivity contribution in [3.63, 3.8) is 0 Å². The Labute approximate surface area is 143 Å². The van der Waals surface area contributed by atoms with E-state index in [4.69, 9.17) is 9.47 Å². The molecule has 0 spiro atoms. The molecule has 5 nitrogen and oxygen atoms in total. The number of ether oxygens (including phenoxy) is 2. The van der Waals surface area contributed by atoms with Gasteiger partial charge in [-0.25, -0.2) is 4.79 Å². The molecule has 120 valence electrons. The largest absolute Gasteiger partial charge is 0.454 e. The van der Waals surface area contributed by atoms with Gasteiger partial charge in [0.15, 0.2) is 11.5 Å². The van der Waals surface area contributed by atoms with Crippen LogP contribution in [0.15, 0.2) is 46.9 Å². The topological polar surface area (TPSA) is 50.8 Å². The average molecular weight is 377 g/mol. The van der Waals surface area contributed by atoms with Crippen LogP contribution in [0.5, 0.6) is 11.5 Å². The van der Waals surface area contributed by atoms with E-state index in [-0.39, 0.29) is 12.8 Å². The van der Waals surface area contributed by atoms with Crippen molar-refractivity contribution in [1.29, 1.82) is 0 Å². The first-order chi connectivity index (χ1) is 11.1. The van der Waals surface area contributed by atoms with E-state index in [2.05, 4.69) is 21.2 Å². The van der Waals surface area contributed by atoms with Crippen LogP contribution in [0.4, 0.5) is 4.79 Å². The quantitative estimate of drug-likeness (QED) is 0.887. The zero-order valence-corrected chi connectivity index (χ0v) is 14.3. The van der Waals surface area contributed by atoms with Crippen LogP contribution >= 0.6 is 15.9 Å². The van der Waals surface area contributed by atoms with Gasteiger partial charge in [0.2, 0.25) is 6.79 Å². The third-order valence-corrected chi connectivity index (χ3v) is 4.03. The van der Waals surface area contributed by atoms with Gasteiger partial charge in [-0.15, -0.1) is 0 Å². The zero-order valence-electron chi connectivity index (χ0n) is 12.7. The summed E-state index contributed by atoms with van der Waals surface area (Å²) in [5, 5.41) is 2.91. The van der Waals surface area contributed by atoms with Crippen molar-refractivity contribution in [2.45, 2.75) is 13.1 Å². The van der Waals surface area contributed by atoms with Gasteiger partial charge < -0.3 is 19.7 Å². The summed E-state index contributed by atoms with van der Waals surface area (Å²) in [5.74, 6) is 1.47. The van der Waals surface area contributed by atoms with Gasteiger partial charge in [-0.1, -0.05) is 34.1 Å². The second kappa shape index (κ2) is 6.91. The molecule has 1 N–H and O–H groups in total. The van der Waals surface area contributed by atoms with Crippen LogP contribution in [-0.4, -0.2) is 24.8 Å². The smallest absolute Gasteiger partial charge is 0.317 e. The SMILES string of the molecule is CN(Cc1ccc2c(c1)OCO2)C(=O)NCc1cccc(Br)c1. The van der Waals surface area contributed by atoms with E-state index < -0.39 is 0 Å². The van der Waals surface area contributed by atoms with Gasteiger partial charge in [0, 0.05) is 24.6 Å². The van der Waals surface area contributed by atoms with Crippen LogP contribution in [0.3, 0.4) is 0 Å². The maximum Gasteiger partial charge on any atom is 0.317 e. The van der Waals surface area contributed by atoms with Gasteiger partial charge in [0.1, 0.15) is 0 Å². The molecule has 1 aliphatic rings. The number of nitrogens with one attached hydrogen (secondary N) is 1. The zero-order chi connectivity index (χ0) is 16.2. The lowest BCUT2D eigenvalue weighted by molar-refractivity contribution is 0.174. The molecule has 0 aromatic heterocycles. The lowest BCUT2D eigenvalue weighted by Gasteiger charge is -2.18. The number of carbonyl (C=O) groups is 1. The predicted octanol–water partition coefficient (Wildman–Crippen LogP) is 3.52. The maximum atomic E-state index is 12.2. The molecule has 1 aliphatic heterocycles. The van der Waals surface area contributed by atoms with Gasteiger partial charge in [0.25, 0.3) is 0 Å². The molecule has 0 saturated carbocycles. The molecule has 1 heterocycles. The Balaban J connectivity index is 1.55. The molecule has 23 heavy (non-hydrogen) atoms. The van der Waals surface area contributed by atoms with E-state index in [9.17, 15) is 4.79 Å². The van der Waals surface area contributed by atoms with Gasteiger partial charge in [-0.2, -0.15) is 0 Å². The van der Waals surface area contributed by atoms with Crippen LogP contribution < -0.4 is 14.8 Å². The van der Waals surface area contributed by atoms with Crippen LogP contribution in [0, 0.1) is 0 Å². The highest BCUT2D eigenvalue weighted by Crippen LogP contribution is 2.32. The van der Waals surface area contributed by atoms with Crippen molar-refractivity contribution < 1.29 is 14.3 Å². The highest BCUT2D eigenvalue weighted by Gasteiger charge is 2.15. The molecule has 2 amide bonds. The van der Waals surface area contributed by atoms with Crippen LogP contribution in [0.25, 0.3) is 0 Å². The van der Waals surface area contributed by atoms with E-state index >= 15 is 0 Å². The minimum absolute atomic E-state index is 0.123. The Hall–Kier alpha value is -2.21. The molecule has 0 unspecified atom stereocenters. The lowest BCUT2D eigenvalue weighted by atomic mass is 10.2. The second-order valence-corrected chi connectivity index (χ2v) is 6.25. The predicted molar refractivity (Wildman–Crippen MR) is 90.4 cm³/mol. The Kier molecular flexibility index (Phi) is 4.71. The number of halogens is 1. The summed E-state index contributed by atoms with van der Waals surface area (Å²) in [7, 11) is 1.76. The van der Waals surface area contributed by atoms with Crippen molar-refractivity contribution in [3.05, 3.63) is 58.1 Å². The fourth-order valence-corrected chi connectivity index (χ4v) is 2.79. The monoisotopic (exact) mass is 376 g/mol. The fourth-order valence-electron chi connectivity index (χ4n) is 2.34. The first kappa shape index (κ1) is 15.7. The molecule has 0 saturated heterocycles. The number of hydrogen-bond acceptors (Lipinski definition) is 3. The number of hydrogen-bond donors (Lipinski definition) is 1. The summed E-state index contributed by atoms with van der Waals surface area (Å²) in [5.41, 5.74) is 2.04. The van der Waals surface area contributed by atoms with E-state index in [1.165, 1.54) is 0 Å². The normalized spacial score (nSPS) is 12.1. The molecule has 3 rings (SSSR count). The Morgan fingerprint density at radius 3 is 2.83 bits per heavy atom. The third kappa shape index (κ3) is 3.96. The van der Waals surface area contributed by atoms with Gasteiger partial charge in [-0.05, 0) is 35.4 Å². The second-order valence-electron chi connectivity index (χ2n) is 5.33. The minimum Gasteiger partial charge on any atom is -0.454 e. The summed E-state index contributed by atoms with van der Waals surface area (Å²) >= 11 is 3.42. The van der Waals surface area contributed by atoms with Crippen LogP contribution in [-0.2, 0) is 13.1 Å². The number of benzene rings is 2. The molecular formula is C17H17BrN2O3. The minimum atomic E-state index is -0.123. The summed E-state index contributed by atoms with van der Waals surface area (Å²) in [6.07, 6.45) is 0. The average Bonchev–Trinajstić information content (AvgIpc) is 3.00. The molecule has 6 heteroatoms. The summed E-state index contributed by atoms with van der Waals surface area (Å²) in [6.45, 7) is 1.24. The Morgan fingerprint density at radius 1 is 1.17 bits per heavy atom. The van der Waals surface area contributed by atoms with E-state index in [0.29, 0.717) is 13.1 Å². The van der Waals surface area contributed by atoms with E-state index in [1.807, 2.05) is 42.5 Å². The molecule has 0 radical (unpaired) electrons. The molecular weight excluding hydrogens is 360 g/mol. The standard InChI is InChI=1S/C17H17BrN2O3/c1-20(10-13-5-6-15-16(8-13)23-11-22-15)17(21)19-9-12-3-2-4-14(18)7-12/h2-8H,9-11H2,1H3,(H,19,21). The number of carbonyl (C=O) groups excluding carboxylic acids is 1. The van der Waals surface area contributed by atoms with Gasteiger partial charge in [0.05, 0.1) is 0 Å². The fraction of sp³-hybridized carbons (Fsp3) is 0.235. The van der Waals surface area contributed by atoms with Crippen molar-refractivity contribution in [3.8, 4) is 11.5 Å². The van der Waals surface area contributed by atoms with Crippen molar-refractivity contribution in [2.24, 2.45) is 0 Å². The molecule has 0 fully saturated rings.